The number of guanidine groups is 1. The Morgan fingerprint density at radius 3 is 2.83 bits per heavy atom. The first-order chi connectivity index (χ1) is 8.51. The molecule has 1 aromatic carbocycles. The van der Waals surface area contributed by atoms with Gasteiger partial charge in [-0.1, -0.05) is 12.1 Å². The van der Waals surface area contributed by atoms with E-state index >= 15 is 0 Å². The number of benzene rings is 1. The molecule has 0 heterocycles. The summed E-state index contributed by atoms with van der Waals surface area (Å²) in [5, 5.41) is 2.55. The van der Waals surface area contributed by atoms with Crippen LogP contribution < -0.4 is 15.8 Å². The number of methoxy groups -OCH3 is 1. The molecule has 0 aromatic heterocycles. The van der Waals surface area contributed by atoms with Crippen molar-refractivity contribution in [3.05, 3.63) is 29.8 Å². The highest BCUT2D eigenvalue weighted by Crippen LogP contribution is 2.12. The number of aliphatic imine (C=N–C) groups is 1. The molecule has 5 heteroatoms. The van der Waals surface area contributed by atoms with E-state index in [-0.39, 0.29) is 24.3 Å². The second-order valence-corrected chi connectivity index (χ2v) is 4.18. The van der Waals surface area contributed by atoms with E-state index < -0.39 is 0 Å². The molecule has 0 bridgehead atoms. The summed E-state index contributed by atoms with van der Waals surface area (Å²) in [7, 11) is 1.59. The van der Waals surface area contributed by atoms with Crippen molar-refractivity contribution >= 4 is 11.9 Å². The standard InChI is InChI=1S/C13H19N3O2/c1-9(2)15-13(14)16-12(17)8-10-5-4-6-11(7-10)18-3/h4-7,9H,8H2,1-3H3,(H3,14,15,16,17). The normalized spacial score (nSPS) is 11.4. The van der Waals surface area contributed by atoms with Crippen LogP contribution in [0.1, 0.15) is 19.4 Å². The van der Waals surface area contributed by atoms with Crippen molar-refractivity contribution in [1.29, 1.82) is 0 Å². The maximum absolute atomic E-state index is 11.7. The third-order valence-electron chi connectivity index (χ3n) is 2.16. The number of hydrogen-bond acceptors (Lipinski definition) is 3. The molecule has 18 heavy (non-hydrogen) atoms. The molecule has 5 nitrogen and oxygen atoms in total. The number of amides is 1. The molecule has 1 amide bonds. The van der Waals surface area contributed by atoms with Gasteiger partial charge in [0.05, 0.1) is 13.5 Å². The first-order valence-corrected chi connectivity index (χ1v) is 5.77. The Kier molecular flexibility index (Phi) is 5.17. The fourth-order valence-corrected chi connectivity index (χ4v) is 1.47. The lowest BCUT2D eigenvalue weighted by Gasteiger charge is -2.07. The van der Waals surface area contributed by atoms with Gasteiger partial charge in [-0.25, -0.2) is 0 Å². The van der Waals surface area contributed by atoms with Crippen LogP contribution in [0.4, 0.5) is 0 Å². The van der Waals surface area contributed by atoms with Gasteiger partial charge in [0.25, 0.3) is 0 Å². The molecule has 0 saturated heterocycles. The van der Waals surface area contributed by atoms with Crippen LogP contribution in [-0.2, 0) is 11.2 Å². The summed E-state index contributed by atoms with van der Waals surface area (Å²) in [5.74, 6) is 0.687. The molecule has 0 aliphatic carbocycles. The van der Waals surface area contributed by atoms with Crippen molar-refractivity contribution in [3.8, 4) is 5.75 Å². The zero-order chi connectivity index (χ0) is 13.5. The van der Waals surface area contributed by atoms with Gasteiger partial charge in [0.1, 0.15) is 5.75 Å². The van der Waals surface area contributed by atoms with Crippen molar-refractivity contribution in [2.45, 2.75) is 26.3 Å². The van der Waals surface area contributed by atoms with Crippen LogP contribution in [0, 0.1) is 0 Å². The zero-order valence-electron chi connectivity index (χ0n) is 10.9. The van der Waals surface area contributed by atoms with Crippen LogP contribution in [0.15, 0.2) is 29.3 Å². The molecular formula is C13H19N3O2. The van der Waals surface area contributed by atoms with Gasteiger partial charge in [0.15, 0.2) is 5.96 Å². The first-order valence-electron chi connectivity index (χ1n) is 5.77. The van der Waals surface area contributed by atoms with Crippen LogP contribution >= 0.6 is 0 Å². The summed E-state index contributed by atoms with van der Waals surface area (Å²) in [4.78, 5) is 15.7. The monoisotopic (exact) mass is 249 g/mol. The van der Waals surface area contributed by atoms with Crippen LogP contribution in [0.25, 0.3) is 0 Å². The largest absolute Gasteiger partial charge is 0.497 e. The van der Waals surface area contributed by atoms with E-state index in [1.807, 2.05) is 38.1 Å². The average Bonchev–Trinajstić information content (AvgIpc) is 2.27. The Balaban J connectivity index is 2.59. The summed E-state index contributed by atoms with van der Waals surface area (Å²) >= 11 is 0. The van der Waals surface area contributed by atoms with E-state index in [9.17, 15) is 4.79 Å². The lowest BCUT2D eigenvalue weighted by Crippen LogP contribution is -2.38. The molecule has 0 fully saturated rings. The lowest BCUT2D eigenvalue weighted by molar-refractivity contribution is -0.119. The Labute approximate surface area is 107 Å². The van der Waals surface area contributed by atoms with E-state index in [0.717, 1.165) is 11.3 Å². The van der Waals surface area contributed by atoms with Gasteiger partial charge in [-0.2, -0.15) is 0 Å². The maximum Gasteiger partial charge on any atom is 0.231 e. The number of ether oxygens (including phenoxy) is 1. The molecule has 0 aliphatic rings. The van der Waals surface area contributed by atoms with E-state index in [0.29, 0.717) is 0 Å². The molecule has 0 unspecified atom stereocenters. The zero-order valence-corrected chi connectivity index (χ0v) is 10.9. The minimum atomic E-state index is -0.190. The fourth-order valence-electron chi connectivity index (χ4n) is 1.47. The first kappa shape index (κ1) is 14.0. The molecule has 98 valence electrons. The van der Waals surface area contributed by atoms with Gasteiger partial charge in [0.2, 0.25) is 5.91 Å². The van der Waals surface area contributed by atoms with Crippen molar-refractivity contribution in [2.24, 2.45) is 10.7 Å². The molecule has 1 aromatic rings. The smallest absolute Gasteiger partial charge is 0.231 e. The highest BCUT2D eigenvalue weighted by Gasteiger charge is 2.06. The predicted octanol–water partition coefficient (Wildman–Crippen LogP) is 1.08. The van der Waals surface area contributed by atoms with E-state index in [2.05, 4.69) is 10.3 Å². The van der Waals surface area contributed by atoms with Gasteiger partial charge < -0.3 is 10.5 Å². The van der Waals surface area contributed by atoms with Gasteiger partial charge in [-0.3, -0.25) is 15.1 Å². The van der Waals surface area contributed by atoms with Gasteiger partial charge in [0, 0.05) is 6.04 Å². The summed E-state index contributed by atoms with van der Waals surface area (Å²) < 4.78 is 5.09. The SMILES string of the molecule is COc1cccc(CC(=O)NC(N)=NC(C)C)c1. The summed E-state index contributed by atoms with van der Waals surface area (Å²) in [6.07, 6.45) is 0.242. The number of carbonyl (C=O) groups excluding carboxylic acids is 1. The molecular weight excluding hydrogens is 230 g/mol. The number of nitrogens with two attached hydrogens (primary N) is 1. The van der Waals surface area contributed by atoms with Gasteiger partial charge in [-0.15, -0.1) is 0 Å². The number of hydrogen-bond donors (Lipinski definition) is 2. The second-order valence-electron chi connectivity index (χ2n) is 4.18. The number of nitrogens with one attached hydrogen (secondary N) is 1. The average molecular weight is 249 g/mol. The van der Waals surface area contributed by atoms with Crippen molar-refractivity contribution in [2.75, 3.05) is 7.11 Å². The number of rotatable bonds is 4. The molecule has 0 saturated carbocycles. The molecule has 0 atom stereocenters. The van der Waals surface area contributed by atoms with Crippen LogP contribution in [0.5, 0.6) is 5.75 Å². The highest BCUT2D eigenvalue weighted by atomic mass is 16.5. The van der Waals surface area contributed by atoms with Crippen molar-refractivity contribution in [1.82, 2.24) is 5.32 Å². The number of carbonyl (C=O) groups is 1. The summed E-state index contributed by atoms with van der Waals surface area (Å²) in [6.45, 7) is 3.78. The molecule has 0 aliphatic heterocycles. The topological polar surface area (TPSA) is 76.7 Å². The third-order valence-corrected chi connectivity index (χ3v) is 2.16. The minimum absolute atomic E-state index is 0.0575. The quantitative estimate of drug-likeness (QED) is 0.619. The van der Waals surface area contributed by atoms with Gasteiger partial charge >= 0.3 is 0 Å². The Morgan fingerprint density at radius 2 is 2.22 bits per heavy atom. The Hall–Kier alpha value is -2.04. The van der Waals surface area contributed by atoms with E-state index in [1.54, 1.807) is 7.11 Å². The Bertz CT molecular complexity index is 442. The van der Waals surface area contributed by atoms with E-state index in [1.165, 1.54) is 0 Å². The lowest BCUT2D eigenvalue weighted by atomic mass is 10.1. The molecule has 3 N–H and O–H groups in total. The Morgan fingerprint density at radius 1 is 1.50 bits per heavy atom. The molecule has 1 rings (SSSR count). The van der Waals surface area contributed by atoms with Gasteiger partial charge in [-0.05, 0) is 31.5 Å². The highest BCUT2D eigenvalue weighted by molar-refractivity contribution is 5.97. The van der Waals surface area contributed by atoms with Crippen LogP contribution in [0.2, 0.25) is 0 Å². The second kappa shape index (κ2) is 6.64. The summed E-state index contributed by atoms with van der Waals surface area (Å²) in [5.41, 5.74) is 6.44. The van der Waals surface area contributed by atoms with Crippen molar-refractivity contribution < 1.29 is 9.53 Å². The summed E-state index contributed by atoms with van der Waals surface area (Å²) in [6, 6.07) is 7.40. The maximum atomic E-state index is 11.7. The molecule has 0 radical (unpaired) electrons. The van der Waals surface area contributed by atoms with Crippen molar-refractivity contribution in [3.63, 3.8) is 0 Å². The van der Waals surface area contributed by atoms with E-state index in [4.69, 9.17) is 10.5 Å². The van der Waals surface area contributed by atoms with Crippen LogP contribution in [-0.4, -0.2) is 25.0 Å². The third kappa shape index (κ3) is 4.86. The minimum Gasteiger partial charge on any atom is -0.497 e. The predicted molar refractivity (Wildman–Crippen MR) is 71.6 cm³/mol. The molecule has 0 spiro atoms. The van der Waals surface area contributed by atoms with Crippen LogP contribution in [0.3, 0.4) is 0 Å². The number of nitrogens with zero attached hydrogens (tertiary/aromatic N) is 1. The fraction of sp³-hybridized carbons (Fsp3) is 0.385.